The highest BCUT2D eigenvalue weighted by Gasteiger charge is 2.19. The Morgan fingerprint density at radius 3 is 1.00 bits per heavy atom. The zero-order valence-electron chi connectivity index (χ0n) is 17.7. The third-order valence-corrected chi connectivity index (χ3v) is 6.77. The van der Waals surface area contributed by atoms with Gasteiger partial charge in [-0.1, -0.05) is 72.8 Å². The molecular weight excluding hydrogens is 388 g/mol. The van der Waals surface area contributed by atoms with Crippen molar-refractivity contribution in [3.63, 3.8) is 0 Å². The molecule has 1 aliphatic carbocycles. The molecule has 1 aliphatic rings. The van der Waals surface area contributed by atoms with Crippen LogP contribution in [-0.4, -0.2) is 9.13 Å². The molecule has 0 saturated heterocycles. The Morgan fingerprint density at radius 1 is 0.406 bits per heavy atom. The maximum atomic E-state index is 2.37. The topological polar surface area (TPSA) is 9.86 Å². The Kier molecular flexibility index (Phi) is 3.71. The molecule has 0 atom stereocenters. The van der Waals surface area contributed by atoms with Crippen LogP contribution in [0.4, 0.5) is 0 Å². The number of fused-ring (bicyclic) bond motifs is 6. The fourth-order valence-electron chi connectivity index (χ4n) is 5.26. The average molecular weight is 411 g/mol. The summed E-state index contributed by atoms with van der Waals surface area (Å²) in [6.45, 7) is 0. The Hall–Kier alpha value is -4.04. The number of nitrogens with zero attached hydrogens (tertiary/aromatic N) is 2. The molecule has 2 aromatic heterocycles. The van der Waals surface area contributed by atoms with Gasteiger partial charge < -0.3 is 9.13 Å². The minimum atomic E-state index is 1.03. The Balaban J connectivity index is 1.30. The Labute approximate surface area is 186 Å². The van der Waals surface area contributed by atoms with E-state index in [-0.39, 0.29) is 0 Å². The average Bonchev–Trinajstić information content (AvgIpc) is 3.31. The third kappa shape index (κ3) is 2.53. The van der Waals surface area contributed by atoms with Gasteiger partial charge in [-0.2, -0.15) is 0 Å². The zero-order valence-corrected chi connectivity index (χ0v) is 17.7. The molecule has 2 nitrogen and oxygen atoms in total. The smallest absolute Gasteiger partial charge is 0.0534 e. The van der Waals surface area contributed by atoms with Crippen molar-refractivity contribution in [2.45, 2.75) is 12.8 Å². The molecule has 4 aromatic carbocycles. The van der Waals surface area contributed by atoms with Gasteiger partial charge in [0.25, 0.3) is 0 Å². The number of hydrogen-bond acceptors (Lipinski definition) is 0. The summed E-state index contributed by atoms with van der Waals surface area (Å²) in [5, 5.41) is 5.28. The van der Waals surface area contributed by atoms with E-state index < -0.39 is 0 Å². The molecule has 0 aliphatic heterocycles. The molecule has 0 amide bonds. The number of benzene rings is 4. The van der Waals surface area contributed by atoms with Gasteiger partial charge in [0.2, 0.25) is 0 Å². The molecular formula is C30H22N2. The molecule has 0 N–H and O–H groups in total. The van der Waals surface area contributed by atoms with Crippen molar-refractivity contribution < 1.29 is 0 Å². The lowest BCUT2D eigenvalue weighted by Crippen LogP contribution is -2.05. The first-order chi connectivity index (χ1) is 15.9. The van der Waals surface area contributed by atoms with E-state index in [4.69, 9.17) is 0 Å². The molecule has 0 bridgehead atoms. The van der Waals surface area contributed by atoms with Crippen molar-refractivity contribution >= 4 is 56.0 Å². The van der Waals surface area contributed by atoms with Crippen molar-refractivity contribution in [1.82, 2.24) is 9.13 Å². The lowest BCUT2D eigenvalue weighted by Gasteiger charge is -2.22. The van der Waals surface area contributed by atoms with Gasteiger partial charge in [0.15, 0.2) is 0 Å². The van der Waals surface area contributed by atoms with E-state index in [0.29, 0.717) is 0 Å². The van der Waals surface area contributed by atoms with Crippen molar-refractivity contribution in [2.24, 2.45) is 0 Å². The van der Waals surface area contributed by atoms with Gasteiger partial charge in [-0.15, -0.1) is 0 Å². The second kappa shape index (κ2) is 6.73. The van der Waals surface area contributed by atoms with Crippen molar-refractivity contribution in [3.8, 4) is 0 Å². The lowest BCUT2D eigenvalue weighted by atomic mass is 9.87. The van der Waals surface area contributed by atoms with E-state index in [2.05, 4.69) is 119 Å². The normalized spacial score (nSPS) is 13.9. The second-order valence-corrected chi connectivity index (χ2v) is 8.74. The van der Waals surface area contributed by atoms with E-state index in [1.807, 2.05) is 0 Å². The van der Waals surface area contributed by atoms with E-state index >= 15 is 0 Å². The molecule has 32 heavy (non-hydrogen) atoms. The summed E-state index contributed by atoms with van der Waals surface area (Å²) in [5.41, 5.74) is 8.07. The SMILES string of the molecule is C(=C1CC(=Cn2c3ccccc3c3ccccc32)C1)n1c2ccccc2c2ccccc21. The fraction of sp³-hybridized carbons (Fsp3) is 0.0667. The van der Waals surface area contributed by atoms with Crippen molar-refractivity contribution in [1.29, 1.82) is 0 Å². The number of para-hydroxylation sites is 4. The van der Waals surface area contributed by atoms with Crippen molar-refractivity contribution in [2.75, 3.05) is 0 Å². The summed E-state index contributed by atoms with van der Waals surface area (Å²) in [4.78, 5) is 0. The molecule has 2 heterocycles. The Bertz CT molecular complexity index is 1480. The van der Waals surface area contributed by atoms with E-state index in [9.17, 15) is 0 Å². The minimum absolute atomic E-state index is 1.03. The largest absolute Gasteiger partial charge is 0.316 e. The third-order valence-electron chi connectivity index (χ3n) is 6.77. The number of rotatable bonds is 2. The highest BCUT2D eigenvalue weighted by atomic mass is 15.0. The zero-order chi connectivity index (χ0) is 21.1. The summed E-state index contributed by atoms with van der Waals surface area (Å²) in [7, 11) is 0. The molecule has 2 heteroatoms. The van der Waals surface area contributed by atoms with Crippen LogP contribution in [0.2, 0.25) is 0 Å². The van der Waals surface area contributed by atoms with Gasteiger partial charge in [-0.3, -0.25) is 0 Å². The summed E-state index contributed by atoms with van der Waals surface area (Å²) in [5.74, 6) is 0. The van der Waals surface area contributed by atoms with Gasteiger partial charge in [-0.05, 0) is 48.3 Å². The summed E-state index contributed by atoms with van der Waals surface area (Å²) >= 11 is 0. The van der Waals surface area contributed by atoms with Crippen LogP contribution in [0, 0.1) is 0 Å². The maximum Gasteiger partial charge on any atom is 0.0534 e. The van der Waals surface area contributed by atoms with E-state index in [1.165, 1.54) is 54.8 Å². The van der Waals surface area contributed by atoms with Gasteiger partial charge in [0.1, 0.15) is 0 Å². The van der Waals surface area contributed by atoms with Crippen LogP contribution in [0.3, 0.4) is 0 Å². The standard InChI is InChI=1S/C30H22N2/c1-5-13-27-23(9-1)24-10-2-6-14-28(24)31(27)19-21-17-22(18-21)20-32-29-15-7-3-11-25(29)26-12-4-8-16-30(26)32/h1-16,19-20H,17-18H2. The van der Waals surface area contributed by atoms with Crippen LogP contribution >= 0.6 is 0 Å². The van der Waals surface area contributed by atoms with E-state index in [1.54, 1.807) is 0 Å². The molecule has 152 valence electrons. The van der Waals surface area contributed by atoms with Gasteiger partial charge in [0.05, 0.1) is 22.1 Å². The maximum absolute atomic E-state index is 2.37. The molecule has 0 unspecified atom stereocenters. The predicted octanol–water partition coefficient (Wildman–Crippen LogP) is 8.08. The highest BCUT2D eigenvalue weighted by molar-refractivity contribution is 6.10. The van der Waals surface area contributed by atoms with Crippen LogP contribution < -0.4 is 0 Å². The van der Waals surface area contributed by atoms with Crippen molar-refractivity contribution in [3.05, 3.63) is 108 Å². The van der Waals surface area contributed by atoms with Crippen LogP contribution in [-0.2, 0) is 0 Å². The first-order valence-electron chi connectivity index (χ1n) is 11.2. The summed E-state index contributed by atoms with van der Waals surface area (Å²) in [6, 6.07) is 34.8. The molecule has 0 spiro atoms. The van der Waals surface area contributed by atoms with Crippen LogP contribution in [0.5, 0.6) is 0 Å². The van der Waals surface area contributed by atoms with E-state index in [0.717, 1.165) is 12.8 Å². The lowest BCUT2D eigenvalue weighted by molar-refractivity contribution is 0.863. The number of allylic oxidation sites excluding steroid dienone is 2. The van der Waals surface area contributed by atoms with Gasteiger partial charge >= 0.3 is 0 Å². The quantitative estimate of drug-likeness (QED) is 0.273. The monoisotopic (exact) mass is 410 g/mol. The summed E-state index contributed by atoms with van der Waals surface area (Å²) < 4.78 is 4.74. The Morgan fingerprint density at radius 2 is 0.688 bits per heavy atom. The first kappa shape index (κ1) is 17.6. The second-order valence-electron chi connectivity index (χ2n) is 8.74. The van der Waals surface area contributed by atoms with Gasteiger partial charge in [-0.25, -0.2) is 0 Å². The summed E-state index contributed by atoms with van der Waals surface area (Å²) in [6.07, 6.45) is 6.77. The number of hydrogen-bond donors (Lipinski definition) is 0. The molecule has 1 saturated carbocycles. The molecule has 1 fully saturated rings. The first-order valence-corrected chi connectivity index (χ1v) is 11.2. The van der Waals surface area contributed by atoms with Gasteiger partial charge in [0, 0.05) is 33.9 Å². The molecule has 6 aromatic rings. The molecule has 0 radical (unpaired) electrons. The predicted molar refractivity (Wildman–Crippen MR) is 137 cm³/mol. The van der Waals surface area contributed by atoms with Crippen LogP contribution in [0.25, 0.3) is 56.0 Å². The van der Waals surface area contributed by atoms with Crippen LogP contribution in [0.15, 0.2) is 108 Å². The minimum Gasteiger partial charge on any atom is -0.316 e. The number of aromatic nitrogens is 2. The molecule has 7 rings (SSSR count). The highest BCUT2D eigenvalue weighted by Crippen LogP contribution is 2.38. The van der Waals surface area contributed by atoms with Crippen LogP contribution in [0.1, 0.15) is 12.8 Å². The fourth-order valence-corrected chi connectivity index (χ4v) is 5.26.